The Bertz CT molecular complexity index is 258. The van der Waals surface area contributed by atoms with E-state index < -0.39 is 6.10 Å². The van der Waals surface area contributed by atoms with Crippen molar-refractivity contribution in [2.75, 3.05) is 13.2 Å². The molecule has 1 aromatic carbocycles. The van der Waals surface area contributed by atoms with Gasteiger partial charge in [0.05, 0.1) is 0 Å². The summed E-state index contributed by atoms with van der Waals surface area (Å²) in [6.45, 7) is 2.91. The molecule has 4 N–H and O–H groups in total. The fourth-order valence-corrected chi connectivity index (χ4v) is 1.10. The molecule has 1 atom stereocenters. The predicted octanol–water partition coefficient (Wildman–Crippen LogP) is 0.231. The topological polar surface area (TPSA) is 57.1 Å². The number of hydrogen-bond acceptors (Lipinski definition) is 2. The highest BCUT2D eigenvalue weighted by molar-refractivity contribution is 5.27. The minimum atomic E-state index is -0.471. The first-order valence-corrected chi connectivity index (χ1v) is 4.95. The van der Waals surface area contributed by atoms with E-state index in [4.69, 9.17) is 4.74 Å². The Morgan fingerprint density at radius 1 is 1.36 bits per heavy atom. The Kier molecular flexibility index (Phi) is 4.43. The van der Waals surface area contributed by atoms with Gasteiger partial charge in [0, 0.05) is 0 Å². The maximum absolute atomic E-state index is 9.23. The Hall–Kier alpha value is -1.06. The second-order valence-corrected chi connectivity index (χ2v) is 3.25. The van der Waals surface area contributed by atoms with Gasteiger partial charge < -0.3 is 15.6 Å². The van der Waals surface area contributed by atoms with Crippen molar-refractivity contribution < 1.29 is 15.6 Å². The summed E-state index contributed by atoms with van der Waals surface area (Å²) in [7, 11) is 0. The first kappa shape index (κ1) is 11.0. The Balaban J connectivity index is 2.43. The molecule has 0 heterocycles. The Morgan fingerprint density at radius 3 is 2.50 bits per heavy atom. The molecule has 0 spiro atoms. The normalized spacial score (nSPS) is 12.5. The number of hydrogen-bond donors (Lipinski definition) is 2. The van der Waals surface area contributed by atoms with Gasteiger partial charge in [-0.15, -0.1) is 0 Å². The van der Waals surface area contributed by atoms with Gasteiger partial charge in [-0.2, -0.15) is 0 Å². The van der Waals surface area contributed by atoms with Gasteiger partial charge in [-0.05, 0) is 24.1 Å². The van der Waals surface area contributed by atoms with E-state index in [1.54, 1.807) is 0 Å². The van der Waals surface area contributed by atoms with Crippen LogP contribution in [0.3, 0.4) is 0 Å². The largest absolute Gasteiger partial charge is 0.491 e. The molecule has 0 saturated carbocycles. The molecule has 78 valence electrons. The summed E-state index contributed by atoms with van der Waals surface area (Å²) in [5.41, 5.74) is 4.88. The van der Waals surface area contributed by atoms with Crippen LogP contribution < -0.4 is 10.5 Å². The third-order valence-corrected chi connectivity index (χ3v) is 2.11. The molecule has 3 heteroatoms. The monoisotopic (exact) mass is 196 g/mol. The van der Waals surface area contributed by atoms with Crippen molar-refractivity contribution in [3.8, 4) is 5.75 Å². The van der Waals surface area contributed by atoms with Crippen LogP contribution in [0.5, 0.6) is 5.75 Å². The van der Waals surface area contributed by atoms with Crippen LogP contribution in [-0.4, -0.2) is 24.4 Å². The predicted molar refractivity (Wildman–Crippen MR) is 55.1 cm³/mol. The number of aryl methyl sites for hydroxylation is 1. The molecular formula is C11H18NO2+. The smallest absolute Gasteiger partial charge is 0.136 e. The minimum Gasteiger partial charge on any atom is -0.491 e. The molecule has 1 rings (SSSR count). The third kappa shape index (κ3) is 3.36. The summed E-state index contributed by atoms with van der Waals surface area (Å²) in [6, 6.07) is 7.92. The van der Waals surface area contributed by atoms with Crippen LogP contribution in [0.25, 0.3) is 0 Å². The molecule has 14 heavy (non-hydrogen) atoms. The molecule has 0 aliphatic rings. The van der Waals surface area contributed by atoms with Crippen molar-refractivity contribution in [1.29, 1.82) is 0 Å². The second kappa shape index (κ2) is 5.62. The standard InChI is InChI=1S/C11H17NO2/c1-2-9-3-5-11(6-4-9)14-8-10(13)7-12/h3-6,10,13H,2,7-8,12H2,1H3/p+1/t10-/m0/s1. The lowest BCUT2D eigenvalue weighted by Gasteiger charge is -2.09. The van der Waals surface area contributed by atoms with Gasteiger partial charge in [-0.25, -0.2) is 0 Å². The minimum absolute atomic E-state index is 0.314. The maximum Gasteiger partial charge on any atom is 0.136 e. The van der Waals surface area contributed by atoms with Crippen molar-refractivity contribution in [3.05, 3.63) is 29.8 Å². The highest BCUT2D eigenvalue weighted by Crippen LogP contribution is 2.12. The van der Waals surface area contributed by atoms with Gasteiger partial charge in [-0.3, -0.25) is 0 Å². The number of aliphatic hydroxyl groups is 1. The van der Waals surface area contributed by atoms with Crippen LogP contribution >= 0.6 is 0 Å². The summed E-state index contributed by atoms with van der Waals surface area (Å²) in [5, 5.41) is 9.23. The molecule has 0 amide bonds. The molecule has 0 bridgehead atoms. The molecule has 0 aliphatic carbocycles. The van der Waals surface area contributed by atoms with E-state index in [2.05, 4.69) is 12.7 Å². The van der Waals surface area contributed by atoms with Gasteiger partial charge in [-0.1, -0.05) is 19.1 Å². The summed E-state index contributed by atoms with van der Waals surface area (Å²) < 4.78 is 5.37. The Morgan fingerprint density at radius 2 is 2.00 bits per heavy atom. The molecule has 0 fully saturated rings. The van der Waals surface area contributed by atoms with Gasteiger partial charge in [0.2, 0.25) is 0 Å². The van der Waals surface area contributed by atoms with Crippen LogP contribution in [0.15, 0.2) is 24.3 Å². The SMILES string of the molecule is CCc1ccc(OC[C@@H](O)C[NH3+])cc1. The zero-order valence-corrected chi connectivity index (χ0v) is 8.57. The van der Waals surface area contributed by atoms with Crippen molar-refractivity contribution in [3.63, 3.8) is 0 Å². The fraction of sp³-hybridized carbons (Fsp3) is 0.455. The number of ether oxygens (including phenoxy) is 1. The van der Waals surface area contributed by atoms with Gasteiger partial charge in [0.25, 0.3) is 0 Å². The van der Waals surface area contributed by atoms with E-state index in [1.165, 1.54) is 5.56 Å². The van der Waals surface area contributed by atoms with Gasteiger partial charge in [0.15, 0.2) is 0 Å². The third-order valence-electron chi connectivity index (χ3n) is 2.11. The highest BCUT2D eigenvalue weighted by Gasteiger charge is 2.03. The molecular weight excluding hydrogens is 178 g/mol. The lowest BCUT2D eigenvalue weighted by atomic mass is 10.2. The molecule has 3 nitrogen and oxygen atoms in total. The molecule has 0 unspecified atom stereocenters. The summed E-state index contributed by atoms with van der Waals surface area (Å²) in [4.78, 5) is 0. The van der Waals surface area contributed by atoms with E-state index in [1.807, 2.05) is 24.3 Å². The average molecular weight is 196 g/mol. The van der Waals surface area contributed by atoms with Gasteiger partial charge in [0.1, 0.15) is 25.0 Å². The number of quaternary nitrogens is 1. The van der Waals surface area contributed by atoms with E-state index in [9.17, 15) is 5.11 Å². The van der Waals surface area contributed by atoms with Crippen LogP contribution in [0.2, 0.25) is 0 Å². The summed E-state index contributed by atoms with van der Waals surface area (Å²) in [5.74, 6) is 0.801. The van der Waals surface area contributed by atoms with Crippen molar-refractivity contribution >= 4 is 0 Å². The Labute approximate surface area is 84.5 Å². The van der Waals surface area contributed by atoms with Crippen molar-refractivity contribution in [1.82, 2.24) is 0 Å². The van der Waals surface area contributed by atoms with Crippen LogP contribution in [-0.2, 0) is 6.42 Å². The molecule has 0 aromatic heterocycles. The summed E-state index contributed by atoms with van der Waals surface area (Å²) >= 11 is 0. The zero-order chi connectivity index (χ0) is 10.4. The van der Waals surface area contributed by atoms with E-state index in [-0.39, 0.29) is 0 Å². The second-order valence-electron chi connectivity index (χ2n) is 3.25. The molecule has 1 aromatic rings. The lowest BCUT2D eigenvalue weighted by Crippen LogP contribution is -2.56. The van der Waals surface area contributed by atoms with Crippen molar-refractivity contribution in [2.45, 2.75) is 19.4 Å². The van der Waals surface area contributed by atoms with Crippen molar-refractivity contribution in [2.24, 2.45) is 0 Å². The van der Waals surface area contributed by atoms with E-state index in [0.717, 1.165) is 12.2 Å². The van der Waals surface area contributed by atoms with E-state index in [0.29, 0.717) is 13.2 Å². The highest BCUT2D eigenvalue weighted by atomic mass is 16.5. The molecule has 0 radical (unpaired) electrons. The first-order valence-electron chi connectivity index (χ1n) is 4.95. The lowest BCUT2D eigenvalue weighted by molar-refractivity contribution is -0.384. The molecule has 0 aliphatic heterocycles. The van der Waals surface area contributed by atoms with Crippen LogP contribution in [0.4, 0.5) is 0 Å². The number of benzene rings is 1. The van der Waals surface area contributed by atoms with Crippen LogP contribution in [0.1, 0.15) is 12.5 Å². The zero-order valence-electron chi connectivity index (χ0n) is 8.57. The number of rotatable bonds is 5. The number of aliphatic hydroxyl groups excluding tert-OH is 1. The molecule has 0 saturated heterocycles. The van der Waals surface area contributed by atoms with Crippen LogP contribution in [0, 0.1) is 0 Å². The van der Waals surface area contributed by atoms with E-state index >= 15 is 0 Å². The average Bonchev–Trinajstić information content (AvgIpc) is 2.26. The quantitative estimate of drug-likeness (QED) is 0.708. The fourth-order valence-electron chi connectivity index (χ4n) is 1.10. The summed E-state index contributed by atoms with van der Waals surface area (Å²) in [6.07, 6.45) is 0.558. The van der Waals surface area contributed by atoms with Gasteiger partial charge >= 0.3 is 0 Å². The maximum atomic E-state index is 9.23. The first-order chi connectivity index (χ1) is 6.76.